The third-order valence-corrected chi connectivity index (χ3v) is 2.85. The molecule has 1 unspecified atom stereocenters. The molecule has 0 bridgehead atoms. The van der Waals surface area contributed by atoms with E-state index in [1.165, 1.54) is 6.42 Å². The lowest BCUT2D eigenvalue weighted by Gasteiger charge is -2.23. The molecule has 3 N–H and O–H groups in total. The van der Waals surface area contributed by atoms with Crippen molar-refractivity contribution in [2.75, 3.05) is 12.3 Å². The van der Waals surface area contributed by atoms with Gasteiger partial charge in [-0.15, -0.1) is 0 Å². The van der Waals surface area contributed by atoms with Crippen LogP contribution < -0.4 is 5.73 Å². The summed E-state index contributed by atoms with van der Waals surface area (Å²) >= 11 is 0. The fourth-order valence-electron chi connectivity index (χ4n) is 1.98. The summed E-state index contributed by atoms with van der Waals surface area (Å²) in [5.41, 5.74) is 7.57. The Hall–Kier alpha value is -1.22. The topological polar surface area (TPSA) is 55.5 Å². The SMILES string of the molecule is Nc1ccc(O)cc1CC1CCCCO1. The Morgan fingerprint density at radius 2 is 2.27 bits per heavy atom. The summed E-state index contributed by atoms with van der Waals surface area (Å²) in [6.45, 7) is 0.851. The predicted molar refractivity (Wildman–Crippen MR) is 59.8 cm³/mol. The van der Waals surface area contributed by atoms with Crippen LogP contribution in [0.2, 0.25) is 0 Å². The number of benzene rings is 1. The first kappa shape index (κ1) is 10.3. The lowest BCUT2D eigenvalue weighted by Crippen LogP contribution is -2.21. The highest BCUT2D eigenvalue weighted by Gasteiger charge is 2.15. The number of phenolic OH excluding ortho intramolecular Hbond substituents is 1. The quantitative estimate of drug-likeness (QED) is 0.576. The third-order valence-electron chi connectivity index (χ3n) is 2.85. The van der Waals surface area contributed by atoms with Crippen LogP contribution in [-0.4, -0.2) is 17.8 Å². The van der Waals surface area contributed by atoms with Crippen molar-refractivity contribution in [1.82, 2.24) is 0 Å². The van der Waals surface area contributed by atoms with E-state index in [9.17, 15) is 5.11 Å². The van der Waals surface area contributed by atoms with Crippen LogP contribution in [-0.2, 0) is 11.2 Å². The normalized spacial score (nSPS) is 21.5. The molecule has 15 heavy (non-hydrogen) atoms. The number of anilines is 1. The van der Waals surface area contributed by atoms with Gasteiger partial charge in [-0.25, -0.2) is 0 Å². The van der Waals surface area contributed by atoms with Crippen molar-refractivity contribution < 1.29 is 9.84 Å². The molecular weight excluding hydrogens is 190 g/mol. The molecule has 1 aliphatic rings. The van der Waals surface area contributed by atoms with Crippen LogP contribution in [0.4, 0.5) is 5.69 Å². The number of ether oxygens (including phenoxy) is 1. The Morgan fingerprint density at radius 3 is 3.00 bits per heavy atom. The average molecular weight is 207 g/mol. The monoisotopic (exact) mass is 207 g/mol. The molecule has 0 amide bonds. The lowest BCUT2D eigenvalue weighted by atomic mass is 10.00. The van der Waals surface area contributed by atoms with Crippen molar-refractivity contribution in [3.63, 3.8) is 0 Å². The van der Waals surface area contributed by atoms with Crippen LogP contribution in [0.15, 0.2) is 18.2 Å². The fraction of sp³-hybridized carbons (Fsp3) is 0.500. The second-order valence-electron chi connectivity index (χ2n) is 4.08. The van der Waals surface area contributed by atoms with Gasteiger partial charge < -0.3 is 15.6 Å². The smallest absolute Gasteiger partial charge is 0.116 e. The van der Waals surface area contributed by atoms with Crippen molar-refractivity contribution >= 4 is 5.69 Å². The first-order chi connectivity index (χ1) is 7.25. The van der Waals surface area contributed by atoms with Crippen molar-refractivity contribution in [1.29, 1.82) is 0 Å². The number of phenols is 1. The van der Waals surface area contributed by atoms with Gasteiger partial charge >= 0.3 is 0 Å². The van der Waals surface area contributed by atoms with E-state index < -0.39 is 0 Å². The fourth-order valence-corrected chi connectivity index (χ4v) is 1.98. The molecule has 82 valence electrons. The zero-order valence-electron chi connectivity index (χ0n) is 8.78. The van der Waals surface area contributed by atoms with Gasteiger partial charge in [0.1, 0.15) is 5.75 Å². The molecule has 1 heterocycles. The minimum atomic E-state index is 0.267. The molecule has 0 saturated carbocycles. The summed E-state index contributed by atoms with van der Waals surface area (Å²) in [7, 11) is 0. The van der Waals surface area contributed by atoms with Crippen LogP contribution in [0.5, 0.6) is 5.75 Å². The lowest BCUT2D eigenvalue weighted by molar-refractivity contribution is 0.0169. The third kappa shape index (κ3) is 2.63. The molecule has 2 rings (SSSR count). The molecule has 0 aromatic heterocycles. The van der Waals surface area contributed by atoms with Crippen LogP contribution in [0.3, 0.4) is 0 Å². The van der Waals surface area contributed by atoms with E-state index in [-0.39, 0.29) is 11.9 Å². The van der Waals surface area contributed by atoms with Gasteiger partial charge in [0.25, 0.3) is 0 Å². The summed E-state index contributed by atoms with van der Waals surface area (Å²) in [5.74, 6) is 0.273. The minimum Gasteiger partial charge on any atom is -0.508 e. The van der Waals surface area contributed by atoms with Crippen LogP contribution in [0, 0.1) is 0 Å². The molecule has 0 aliphatic carbocycles. The Morgan fingerprint density at radius 1 is 1.40 bits per heavy atom. The number of aromatic hydroxyl groups is 1. The molecule has 1 fully saturated rings. The van der Waals surface area contributed by atoms with E-state index in [0.29, 0.717) is 0 Å². The molecule has 3 nitrogen and oxygen atoms in total. The first-order valence-corrected chi connectivity index (χ1v) is 5.44. The Labute approximate surface area is 89.9 Å². The Bertz CT molecular complexity index is 332. The highest BCUT2D eigenvalue weighted by molar-refractivity contribution is 5.50. The molecule has 1 aliphatic heterocycles. The van der Waals surface area contributed by atoms with Crippen molar-refractivity contribution in [2.24, 2.45) is 0 Å². The maximum absolute atomic E-state index is 9.37. The summed E-state index contributed by atoms with van der Waals surface area (Å²) in [5, 5.41) is 9.37. The highest BCUT2D eigenvalue weighted by atomic mass is 16.5. The zero-order valence-corrected chi connectivity index (χ0v) is 8.78. The van der Waals surface area contributed by atoms with Gasteiger partial charge in [-0.1, -0.05) is 0 Å². The van der Waals surface area contributed by atoms with E-state index >= 15 is 0 Å². The number of nitrogen functional groups attached to an aromatic ring is 1. The van der Waals surface area contributed by atoms with Crippen molar-refractivity contribution in [2.45, 2.75) is 31.8 Å². The minimum absolute atomic E-state index is 0.267. The number of rotatable bonds is 2. The predicted octanol–water partition coefficient (Wildman–Crippen LogP) is 2.09. The van der Waals surface area contributed by atoms with Gasteiger partial charge in [0.2, 0.25) is 0 Å². The Kier molecular flexibility index (Phi) is 3.11. The van der Waals surface area contributed by atoms with Gasteiger partial charge in [-0.2, -0.15) is 0 Å². The standard InChI is InChI=1S/C12H17NO2/c13-12-5-4-10(14)7-9(12)8-11-3-1-2-6-15-11/h4-5,7,11,14H,1-3,6,8,13H2. The van der Waals surface area contributed by atoms with E-state index in [4.69, 9.17) is 10.5 Å². The molecule has 1 saturated heterocycles. The van der Waals surface area contributed by atoms with E-state index in [2.05, 4.69) is 0 Å². The molecule has 1 atom stereocenters. The van der Waals surface area contributed by atoms with Crippen LogP contribution >= 0.6 is 0 Å². The van der Waals surface area contributed by atoms with Crippen LogP contribution in [0.25, 0.3) is 0 Å². The molecule has 1 aromatic rings. The second kappa shape index (κ2) is 4.53. The van der Waals surface area contributed by atoms with Gasteiger partial charge in [0, 0.05) is 18.7 Å². The van der Waals surface area contributed by atoms with Crippen LogP contribution in [0.1, 0.15) is 24.8 Å². The largest absolute Gasteiger partial charge is 0.508 e. The summed E-state index contributed by atoms with van der Waals surface area (Å²) < 4.78 is 5.64. The highest BCUT2D eigenvalue weighted by Crippen LogP contribution is 2.23. The van der Waals surface area contributed by atoms with Gasteiger partial charge in [-0.3, -0.25) is 0 Å². The van der Waals surface area contributed by atoms with Gasteiger partial charge in [0.05, 0.1) is 6.10 Å². The molecule has 1 aromatic carbocycles. The summed E-state index contributed by atoms with van der Waals surface area (Å²) in [4.78, 5) is 0. The second-order valence-corrected chi connectivity index (χ2v) is 4.08. The number of hydrogen-bond donors (Lipinski definition) is 2. The maximum Gasteiger partial charge on any atom is 0.116 e. The van der Waals surface area contributed by atoms with E-state index in [0.717, 1.165) is 37.1 Å². The molecule has 3 heteroatoms. The maximum atomic E-state index is 9.37. The Balaban J connectivity index is 2.05. The summed E-state index contributed by atoms with van der Waals surface area (Å²) in [6, 6.07) is 5.08. The van der Waals surface area contributed by atoms with Crippen molar-refractivity contribution in [3.05, 3.63) is 23.8 Å². The van der Waals surface area contributed by atoms with E-state index in [1.54, 1.807) is 18.2 Å². The average Bonchev–Trinajstić information content (AvgIpc) is 2.25. The van der Waals surface area contributed by atoms with E-state index in [1.807, 2.05) is 0 Å². The van der Waals surface area contributed by atoms with Gasteiger partial charge in [-0.05, 0) is 43.0 Å². The zero-order chi connectivity index (χ0) is 10.7. The molecule has 0 spiro atoms. The molecular formula is C12H17NO2. The number of hydrogen-bond acceptors (Lipinski definition) is 3. The molecule has 0 radical (unpaired) electrons. The van der Waals surface area contributed by atoms with Gasteiger partial charge in [0.15, 0.2) is 0 Å². The summed E-state index contributed by atoms with van der Waals surface area (Å²) in [6.07, 6.45) is 4.55. The number of nitrogens with two attached hydrogens (primary N) is 1. The van der Waals surface area contributed by atoms with Crippen molar-refractivity contribution in [3.8, 4) is 5.75 Å². The first-order valence-electron chi connectivity index (χ1n) is 5.44.